The topological polar surface area (TPSA) is 76.7 Å². The minimum Gasteiger partial charge on any atom is -0.339 e. The zero-order valence-electron chi connectivity index (χ0n) is 13.8. The molecule has 0 fully saturated rings. The number of anilines is 2. The average molecular weight is 364 g/mol. The molecule has 0 saturated carbocycles. The Kier molecular flexibility index (Phi) is 4.33. The quantitative estimate of drug-likeness (QED) is 0.555. The van der Waals surface area contributed by atoms with Gasteiger partial charge in [-0.3, -0.25) is 0 Å². The highest BCUT2D eigenvalue weighted by Gasteiger charge is 2.15. The molecular formula is C19H14ClN5O. The van der Waals surface area contributed by atoms with Gasteiger partial charge in [-0.1, -0.05) is 52.7 Å². The average Bonchev–Trinajstić information content (AvgIpc) is 3.13. The Balaban J connectivity index is 1.67. The molecule has 2 aromatic heterocycles. The minimum atomic E-state index is 0.339. The summed E-state index contributed by atoms with van der Waals surface area (Å²) in [6, 6.07) is 15.3. The Morgan fingerprint density at radius 2 is 1.92 bits per heavy atom. The smallest absolute Gasteiger partial charge is 0.263 e. The number of aryl methyl sites for hydroxylation is 1. The molecule has 26 heavy (non-hydrogen) atoms. The van der Waals surface area contributed by atoms with Crippen LogP contribution in [0.25, 0.3) is 22.8 Å². The minimum absolute atomic E-state index is 0.339. The predicted octanol–water partition coefficient (Wildman–Crippen LogP) is 4.90. The molecule has 0 bridgehead atoms. The first kappa shape index (κ1) is 16.2. The molecule has 4 aromatic rings. The molecule has 0 atom stereocenters. The van der Waals surface area contributed by atoms with Gasteiger partial charge in [-0.15, -0.1) is 0 Å². The predicted molar refractivity (Wildman–Crippen MR) is 100 cm³/mol. The summed E-state index contributed by atoms with van der Waals surface area (Å²) in [4.78, 5) is 12.8. The second-order valence-corrected chi connectivity index (χ2v) is 6.15. The highest BCUT2D eigenvalue weighted by molar-refractivity contribution is 6.30. The lowest BCUT2D eigenvalue weighted by Gasteiger charge is -2.08. The summed E-state index contributed by atoms with van der Waals surface area (Å²) in [5, 5.41) is 7.90. The van der Waals surface area contributed by atoms with Gasteiger partial charge in [-0.05, 0) is 25.1 Å². The van der Waals surface area contributed by atoms with Gasteiger partial charge in [0.05, 0.1) is 0 Å². The normalized spacial score (nSPS) is 10.7. The van der Waals surface area contributed by atoms with E-state index >= 15 is 0 Å². The van der Waals surface area contributed by atoms with Crippen molar-refractivity contribution < 1.29 is 4.52 Å². The first-order valence-corrected chi connectivity index (χ1v) is 8.30. The SMILES string of the molecule is Cc1ccc(-c2noc(-c3cncnc3Nc3cccc(Cl)c3)n2)cc1. The molecule has 0 saturated heterocycles. The second-order valence-electron chi connectivity index (χ2n) is 5.71. The van der Waals surface area contributed by atoms with Crippen molar-refractivity contribution in [2.24, 2.45) is 0 Å². The van der Waals surface area contributed by atoms with E-state index in [4.69, 9.17) is 16.1 Å². The Morgan fingerprint density at radius 3 is 2.73 bits per heavy atom. The lowest BCUT2D eigenvalue weighted by atomic mass is 10.1. The summed E-state index contributed by atoms with van der Waals surface area (Å²) < 4.78 is 5.43. The monoisotopic (exact) mass is 363 g/mol. The highest BCUT2D eigenvalue weighted by Crippen LogP contribution is 2.29. The molecule has 0 spiro atoms. The molecule has 128 valence electrons. The zero-order chi connectivity index (χ0) is 17.9. The van der Waals surface area contributed by atoms with Crippen molar-refractivity contribution >= 4 is 23.1 Å². The van der Waals surface area contributed by atoms with Crippen molar-refractivity contribution in [3.63, 3.8) is 0 Å². The van der Waals surface area contributed by atoms with Gasteiger partial charge in [0.2, 0.25) is 5.82 Å². The van der Waals surface area contributed by atoms with E-state index in [1.54, 1.807) is 18.3 Å². The number of nitrogens with zero attached hydrogens (tertiary/aromatic N) is 4. The lowest BCUT2D eigenvalue weighted by molar-refractivity contribution is 0.432. The van der Waals surface area contributed by atoms with Crippen LogP contribution >= 0.6 is 11.6 Å². The zero-order valence-corrected chi connectivity index (χ0v) is 14.6. The number of halogens is 1. The molecule has 0 aliphatic heterocycles. The highest BCUT2D eigenvalue weighted by atomic mass is 35.5. The fraction of sp³-hybridized carbons (Fsp3) is 0.0526. The van der Waals surface area contributed by atoms with E-state index in [0.717, 1.165) is 11.3 Å². The first-order valence-electron chi connectivity index (χ1n) is 7.93. The van der Waals surface area contributed by atoms with Crippen LogP contribution in [0, 0.1) is 6.92 Å². The van der Waals surface area contributed by atoms with E-state index in [0.29, 0.717) is 28.1 Å². The molecule has 0 aliphatic rings. The summed E-state index contributed by atoms with van der Waals surface area (Å²) in [6.45, 7) is 2.03. The molecule has 0 unspecified atom stereocenters. The van der Waals surface area contributed by atoms with E-state index in [9.17, 15) is 0 Å². The maximum absolute atomic E-state index is 6.04. The van der Waals surface area contributed by atoms with Crippen LogP contribution in [0.1, 0.15) is 5.56 Å². The third-order valence-corrected chi connectivity index (χ3v) is 4.00. The lowest BCUT2D eigenvalue weighted by Crippen LogP contribution is -1.97. The van der Waals surface area contributed by atoms with Crippen molar-refractivity contribution in [1.29, 1.82) is 0 Å². The third-order valence-electron chi connectivity index (χ3n) is 3.77. The van der Waals surface area contributed by atoms with E-state index < -0.39 is 0 Å². The summed E-state index contributed by atoms with van der Waals surface area (Å²) in [5.41, 5.74) is 3.46. The Labute approximate surface area is 154 Å². The van der Waals surface area contributed by atoms with Crippen LogP contribution in [-0.4, -0.2) is 20.1 Å². The molecule has 6 nitrogen and oxygen atoms in total. The number of hydrogen-bond acceptors (Lipinski definition) is 6. The standard InChI is InChI=1S/C19H14ClN5O/c1-12-5-7-13(8-6-12)17-24-19(26-25-17)16-10-21-11-22-18(16)23-15-4-2-3-14(20)9-15/h2-11H,1H3,(H,21,22,23). The summed E-state index contributed by atoms with van der Waals surface area (Å²) >= 11 is 6.04. The van der Waals surface area contributed by atoms with Crippen LogP contribution < -0.4 is 5.32 Å². The van der Waals surface area contributed by atoms with Crippen LogP contribution in [0.2, 0.25) is 5.02 Å². The summed E-state index contributed by atoms with van der Waals surface area (Å²) in [7, 11) is 0. The fourth-order valence-electron chi connectivity index (χ4n) is 2.44. The molecule has 1 N–H and O–H groups in total. The van der Waals surface area contributed by atoms with E-state index in [-0.39, 0.29) is 0 Å². The Morgan fingerprint density at radius 1 is 1.08 bits per heavy atom. The van der Waals surface area contributed by atoms with E-state index in [2.05, 4.69) is 25.4 Å². The van der Waals surface area contributed by atoms with Gasteiger partial charge in [-0.2, -0.15) is 4.98 Å². The second kappa shape index (κ2) is 6.93. The molecule has 7 heteroatoms. The first-order chi connectivity index (χ1) is 12.7. The molecule has 0 radical (unpaired) electrons. The fourth-order valence-corrected chi connectivity index (χ4v) is 2.63. The largest absolute Gasteiger partial charge is 0.339 e. The number of rotatable bonds is 4. The summed E-state index contributed by atoms with van der Waals surface area (Å²) in [5.74, 6) is 1.41. The van der Waals surface area contributed by atoms with E-state index in [1.165, 1.54) is 11.9 Å². The van der Waals surface area contributed by atoms with Crippen LogP contribution in [0.3, 0.4) is 0 Å². The number of aromatic nitrogens is 4. The summed E-state index contributed by atoms with van der Waals surface area (Å²) in [6.07, 6.45) is 3.08. The van der Waals surface area contributed by atoms with Crippen LogP contribution in [0.4, 0.5) is 11.5 Å². The van der Waals surface area contributed by atoms with Gasteiger partial charge in [0.25, 0.3) is 5.89 Å². The Bertz CT molecular complexity index is 1050. The third kappa shape index (κ3) is 3.41. The van der Waals surface area contributed by atoms with Gasteiger partial charge in [-0.25, -0.2) is 9.97 Å². The van der Waals surface area contributed by atoms with Crippen molar-refractivity contribution in [3.05, 3.63) is 71.6 Å². The van der Waals surface area contributed by atoms with Crippen LogP contribution in [-0.2, 0) is 0 Å². The van der Waals surface area contributed by atoms with Gasteiger partial charge < -0.3 is 9.84 Å². The molecule has 0 aliphatic carbocycles. The Hall–Kier alpha value is -3.25. The number of benzene rings is 2. The van der Waals surface area contributed by atoms with E-state index in [1.807, 2.05) is 43.3 Å². The molecule has 2 aromatic carbocycles. The van der Waals surface area contributed by atoms with Crippen molar-refractivity contribution in [2.75, 3.05) is 5.32 Å². The maximum Gasteiger partial charge on any atom is 0.263 e. The van der Waals surface area contributed by atoms with Gasteiger partial charge in [0, 0.05) is 22.5 Å². The van der Waals surface area contributed by atoms with Gasteiger partial charge in [0.1, 0.15) is 17.7 Å². The molecule has 0 amide bonds. The van der Waals surface area contributed by atoms with Gasteiger partial charge >= 0.3 is 0 Å². The molecule has 2 heterocycles. The van der Waals surface area contributed by atoms with Crippen LogP contribution in [0.15, 0.2) is 65.6 Å². The number of hydrogen-bond donors (Lipinski definition) is 1. The maximum atomic E-state index is 6.04. The molecular weight excluding hydrogens is 350 g/mol. The van der Waals surface area contributed by atoms with Crippen molar-refractivity contribution in [1.82, 2.24) is 20.1 Å². The van der Waals surface area contributed by atoms with Crippen LogP contribution in [0.5, 0.6) is 0 Å². The van der Waals surface area contributed by atoms with Crippen molar-refractivity contribution in [3.8, 4) is 22.8 Å². The van der Waals surface area contributed by atoms with Gasteiger partial charge in [0.15, 0.2) is 0 Å². The van der Waals surface area contributed by atoms with Crippen molar-refractivity contribution in [2.45, 2.75) is 6.92 Å². The molecule has 4 rings (SSSR count). The number of nitrogens with one attached hydrogen (secondary N) is 1.